The van der Waals surface area contributed by atoms with Crippen molar-refractivity contribution < 1.29 is 19.1 Å². The van der Waals surface area contributed by atoms with E-state index in [-0.39, 0.29) is 22.3 Å². The van der Waals surface area contributed by atoms with E-state index in [4.69, 9.17) is 10.9 Å². The summed E-state index contributed by atoms with van der Waals surface area (Å²) < 4.78 is 29.8. The number of nitrogens with zero attached hydrogens (tertiary/aromatic N) is 3. The molecule has 0 bridgehead atoms. The smallest absolute Gasteiger partial charge is 0.173 e. The minimum atomic E-state index is -0.969. The highest BCUT2D eigenvalue weighted by molar-refractivity contribution is 6.00. The summed E-state index contributed by atoms with van der Waals surface area (Å²) in [5.74, 6) is -2.34. The number of aromatic amines is 1. The van der Waals surface area contributed by atoms with Crippen LogP contribution in [-0.2, 0) is 0 Å². The van der Waals surface area contributed by atoms with Gasteiger partial charge in [-0.3, -0.25) is 5.10 Å². The van der Waals surface area contributed by atoms with Crippen LogP contribution in [0, 0.1) is 32.4 Å². The number of aromatic hydroxyl groups is 1. The number of benzene rings is 2. The molecule has 9 heteroatoms. The number of nitrogens with one attached hydrogen (secondary N) is 1. The van der Waals surface area contributed by atoms with E-state index < -0.39 is 17.4 Å². The number of phenolic OH excluding ortho intramolecular Hbond substituents is 1. The molecular weight excluding hydrogens is 380 g/mol. The number of hydrogen-bond donors (Lipinski definition) is 4. The van der Waals surface area contributed by atoms with Crippen molar-refractivity contribution in [3.63, 3.8) is 0 Å². The highest BCUT2D eigenvalue weighted by atomic mass is 19.1. The number of H-pyrrole nitrogens is 1. The first-order valence-corrected chi connectivity index (χ1v) is 8.60. The average Bonchev–Trinajstić information content (AvgIpc) is 2.73. The molecule has 0 aliphatic carbocycles. The first-order valence-electron chi connectivity index (χ1n) is 8.60. The molecule has 3 aromatic rings. The summed E-state index contributed by atoms with van der Waals surface area (Å²) in [5, 5.41) is 28.1. The first-order chi connectivity index (χ1) is 13.7. The van der Waals surface area contributed by atoms with Crippen molar-refractivity contribution in [2.75, 3.05) is 0 Å². The first kappa shape index (κ1) is 20.0. The van der Waals surface area contributed by atoms with Crippen LogP contribution in [0.15, 0.2) is 35.6 Å². The van der Waals surface area contributed by atoms with E-state index in [1.165, 1.54) is 6.20 Å². The highest BCUT2D eigenvalue weighted by Crippen LogP contribution is 2.35. The number of hydrogen-bond acceptors (Lipinski definition) is 5. The van der Waals surface area contributed by atoms with Gasteiger partial charge in [0, 0.05) is 28.0 Å². The van der Waals surface area contributed by atoms with E-state index in [1.54, 1.807) is 39.0 Å². The molecule has 0 fully saturated rings. The lowest BCUT2D eigenvalue weighted by molar-refractivity contribution is 0.318. The van der Waals surface area contributed by atoms with E-state index in [9.17, 15) is 9.50 Å². The SMILES string of the molecule is Cc1nc(-c2ccc(/C(N)=N\O)cc2C)c2c(F)cc(O)c(F)c2c(C)cn[nH]1. The Kier molecular flexibility index (Phi) is 5.31. The quantitative estimate of drug-likeness (QED) is 0.226. The van der Waals surface area contributed by atoms with Gasteiger partial charge in [0.1, 0.15) is 11.6 Å². The predicted octanol–water partition coefficient (Wildman–Crippen LogP) is 3.75. The van der Waals surface area contributed by atoms with Crippen LogP contribution < -0.4 is 5.73 Å². The molecule has 7 nitrogen and oxygen atoms in total. The number of rotatable bonds is 2. The van der Waals surface area contributed by atoms with Gasteiger partial charge in [0.05, 0.1) is 11.9 Å². The van der Waals surface area contributed by atoms with Crippen molar-refractivity contribution in [1.82, 2.24) is 15.2 Å². The van der Waals surface area contributed by atoms with Gasteiger partial charge in [-0.15, -0.1) is 0 Å². The number of aryl methyl sites for hydroxylation is 3. The molecule has 0 unspecified atom stereocenters. The summed E-state index contributed by atoms with van der Waals surface area (Å²) in [4.78, 5) is 4.43. The van der Waals surface area contributed by atoms with E-state index >= 15 is 4.39 Å². The van der Waals surface area contributed by atoms with Crippen LogP contribution in [0.5, 0.6) is 5.75 Å². The molecule has 0 amide bonds. The van der Waals surface area contributed by atoms with Crippen molar-refractivity contribution in [2.24, 2.45) is 10.9 Å². The number of halogens is 2. The Hall–Kier alpha value is -3.75. The lowest BCUT2D eigenvalue weighted by Gasteiger charge is -2.11. The van der Waals surface area contributed by atoms with Crippen molar-refractivity contribution in [1.29, 1.82) is 0 Å². The summed E-state index contributed by atoms with van der Waals surface area (Å²) in [5.41, 5.74) is 7.68. The summed E-state index contributed by atoms with van der Waals surface area (Å²) in [6.45, 7) is 4.92. The fourth-order valence-corrected chi connectivity index (χ4v) is 3.09. The normalized spacial score (nSPS) is 11.6. The minimum absolute atomic E-state index is 0.0828. The molecule has 29 heavy (non-hydrogen) atoms. The van der Waals surface area contributed by atoms with Gasteiger partial charge >= 0.3 is 0 Å². The van der Waals surface area contributed by atoms with Crippen LogP contribution in [0.3, 0.4) is 0 Å². The van der Waals surface area contributed by atoms with E-state index in [0.29, 0.717) is 28.1 Å². The molecule has 0 aliphatic heterocycles. The Morgan fingerprint density at radius 3 is 2.48 bits per heavy atom. The Labute approximate surface area is 164 Å². The molecule has 0 saturated heterocycles. The number of amidine groups is 1. The van der Waals surface area contributed by atoms with Crippen molar-refractivity contribution in [2.45, 2.75) is 20.8 Å². The van der Waals surface area contributed by atoms with E-state index in [0.717, 1.165) is 6.07 Å². The van der Waals surface area contributed by atoms with Crippen LogP contribution >= 0.6 is 0 Å². The molecule has 1 heterocycles. The van der Waals surface area contributed by atoms with Crippen molar-refractivity contribution in [3.05, 3.63) is 64.6 Å². The highest BCUT2D eigenvalue weighted by Gasteiger charge is 2.19. The second-order valence-corrected chi connectivity index (χ2v) is 6.56. The van der Waals surface area contributed by atoms with Gasteiger partial charge in [0.25, 0.3) is 0 Å². The third kappa shape index (κ3) is 3.66. The monoisotopic (exact) mass is 399 g/mol. The zero-order chi connectivity index (χ0) is 21.3. The minimum Gasteiger partial charge on any atom is -0.505 e. The van der Waals surface area contributed by atoms with Gasteiger partial charge < -0.3 is 16.0 Å². The number of nitrogens with two attached hydrogens (primary N) is 1. The Balaban J connectivity index is 2.55. The van der Waals surface area contributed by atoms with Gasteiger partial charge in [-0.2, -0.15) is 5.10 Å². The fourth-order valence-electron chi connectivity index (χ4n) is 3.09. The van der Waals surface area contributed by atoms with Crippen LogP contribution in [0.4, 0.5) is 8.78 Å². The van der Waals surface area contributed by atoms with Crippen molar-refractivity contribution in [3.8, 4) is 17.0 Å². The van der Waals surface area contributed by atoms with E-state index in [2.05, 4.69) is 20.3 Å². The molecule has 0 aliphatic rings. The van der Waals surface area contributed by atoms with Crippen LogP contribution in [-0.4, -0.2) is 31.3 Å². The molecule has 2 aromatic carbocycles. The van der Waals surface area contributed by atoms with Crippen molar-refractivity contribution >= 4 is 16.6 Å². The molecule has 0 saturated carbocycles. The van der Waals surface area contributed by atoms with Gasteiger partial charge in [-0.1, -0.05) is 17.3 Å². The molecule has 5 N–H and O–H groups in total. The maximum atomic E-state index is 15.0. The largest absolute Gasteiger partial charge is 0.505 e. The number of phenols is 1. The molecule has 0 radical (unpaired) electrons. The second-order valence-electron chi connectivity index (χ2n) is 6.56. The molecular formula is C20H19F2N5O2. The predicted molar refractivity (Wildman–Crippen MR) is 105 cm³/mol. The fraction of sp³-hybridized carbons (Fsp3) is 0.150. The lowest BCUT2D eigenvalue weighted by Crippen LogP contribution is -2.13. The van der Waals surface area contributed by atoms with Crippen LogP contribution in [0.2, 0.25) is 0 Å². The maximum Gasteiger partial charge on any atom is 0.173 e. The summed E-state index contributed by atoms with van der Waals surface area (Å²) in [6.07, 6.45) is 1.33. The zero-order valence-corrected chi connectivity index (χ0v) is 16.0. The van der Waals surface area contributed by atoms with E-state index in [1.807, 2.05) is 0 Å². The third-order valence-corrected chi connectivity index (χ3v) is 4.48. The number of fused-ring (bicyclic) bond motifs is 1. The Morgan fingerprint density at radius 1 is 1.10 bits per heavy atom. The zero-order valence-electron chi connectivity index (χ0n) is 16.0. The van der Waals surface area contributed by atoms with Crippen LogP contribution in [0.1, 0.15) is 22.5 Å². The summed E-state index contributed by atoms with van der Waals surface area (Å²) >= 11 is 0. The Morgan fingerprint density at radius 2 is 1.83 bits per heavy atom. The molecule has 150 valence electrons. The lowest BCUT2D eigenvalue weighted by atomic mass is 9.97. The Bertz CT molecular complexity index is 1200. The molecule has 3 rings (SSSR count). The topological polar surface area (TPSA) is 120 Å². The maximum absolute atomic E-state index is 15.0. The molecule has 1 aromatic heterocycles. The van der Waals surface area contributed by atoms with Crippen LogP contribution in [0.25, 0.3) is 22.0 Å². The number of oxime groups is 1. The summed E-state index contributed by atoms with van der Waals surface area (Å²) in [7, 11) is 0. The standard InChI is InChI=1S/C20H19F2N5O2/c1-9-6-12(20(23)27-29)4-5-13(9)19-17-14(21)7-15(28)18(22)16(17)10(2)8-24-26-11(3)25-19/h4-8,28-29H,1-3H3,(H2,23,27)(H,25,26). The van der Waals surface area contributed by atoms with Gasteiger partial charge in [0.2, 0.25) is 0 Å². The second kappa shape index (κ2) is 7.70. The molecule has 0 spiro atoms. The molecule has 0 atom stereocenters. The summed E-state index contributed by atoms with van der Waals surface area (Å²) in [6, 6.07) is 5.56. The third-order valence-electron chi connectivity index (χ3n) is 4.48. The average molecular weight is 399 g/mol. The van der Waals surface area contributed by atoms with Gasteiger partial charge in [-0.05, 0) is 38.0 Å². The number of aromatic nitrogens is 3. The van der Waals surface area contributed by atoms with Gasteiger partial charge in [-0.25, -0.2) is 13.8 Å². The van der Waals surface area contributed by atoms with Gasteiger partial charge in [0.15, 0.2) is 17.4 Å².